The van der Waals surface area contributed by atoms with Crippen LogP contribution in [0, 0.1) is 0 Å². The van der Waals surface area contributed by atoms with Crippen molar-refractivity contribution in [3.05, 3.63) is 116 Å². The maximum absolute atomic E-state index is 14.3. The Balaban J connectivity index is 1.85. The van der Waals surface area contributed by atoms with Gasteiger partial charge in [-0.3, -0.25) is 4.79 Å². The Labute approximate surface area is 254 Å². The van der Waals surface area contributed by atoms with Gasteiger partial charge in [0, 0.05) is 66.3 Å². The minimum Gasteiger partial charge on any atom is -0.494 e. The van der Waals surface area contributed by atoms with Gasteiger partial charge in [0.25, 0.3) is 5.91 Å². The summed E-state index contributed by atoms with van der Waals surface area (Å²) in [6.45, 7) is 1.29. The Morgan fingerprint density at radius 2 is 1.77 bits per heavy atom. The molecule has 1 aliphatic heterocycles. The number of hydrogen-bond donors (Lipinski definition) is 2. The zero-order valence-electron chi connectivity index (χ0n) is 24.4. The van der Waals surface area contributed by atoms with Crippen LogP contribution in [0.15, 0.2) is 88.0 Å². The highest BCUT2D eigenvalue weighted by molar-refractivity contribution is 6.01. The van der Waals surface area contributed by atoms with Crippen LogP contribution in [0.1, 0.15) is 41.2 Å². The third-order valence-electron chi connectivity index (χ3n) is 7.10. The fourth-order valence-corrected chi connectivity index (χ4v) is 4.96. The van der Waals surface area contributed by atoms with E-state index >= 15 is 0 Å². The molecule has 1 aliphatic rings. The van der Waals surface area contributed by atoms with E-state index in [1.807, 2.05) is 24.3 Å². The van der Waals surface area contributed by atoms with E-state index in [-0.39, 0.29) is 31.4 Å². The Morgan fingerprint density at radius 1 is 1.02 bits per heavy atom. The van der Waals surface area contributed by atoms with Crippen LogP contribution in [-0.2, 0) is 27.2 Å². The van der Waals surface area contributed by atoms with Gasteiger partial charge in [-0.25, -0.2) is 4.99 Å². The number of benzene rings is 3. The molecule has 1 heterocycles. The highest BCUT2D eigenvalue weighted by Crippen LogP contribution is 2.45. The van der Waals surface area contributed by atoms with Crippen LogP contribution in [0.5, 0.6) is 5.75 Å². The number of nitrogens with one attached hydrogen (secondary N) is 1. The summed E-state index contributed by atoms with van der Waals surface area (Å²) in [5, 5.41) is 19.7. The van der Waals surface area contributed by atoms with E-state index in [1.165, 1.54) is 0 Å². The summed E-state index contributed by atoms with van der Waals surface area (Å²) in [6, 6.07) is 21.4. The standard InChI is InChI=1S/C31H34N8O5/c1-42-18-6-16-34-30(41)31(20-23-8-2-3-9-24(23)21-35-38-32)28(26-10-4-5-11-27(26)37-39-33)44-29(36-31)22-12-14-25(15-13-22)43-19-7-17-40/h2-5,8-15,28,40H,6-7,16-21H2,1H3,(H,34,41)/t28-,31-/m1/s1. The van der Waals surface area contributed by atoms with Gasteiger partial charge in [0.15, 0.2) is 11.6 Å². The number of nitrogens with zero attached hydrogens (tertiary/aromatic N) is 7. The highest BCUT2D eigenvalue weighted by Gasteiger charge is 2.54. The van der Waals surface area contributed by atoms with E-state index < -0.39 is 11.6 Å². The third kappa shape index (κ3) is 7.66. The SMILES string of the molecule is COCCCNC(=O)[C@]1(Cc2ccccc2CN=[N+]=[N-])N=C(c2ccc(OCCCO)cc2)O[C@@H]1c1ccccc1N=[N+]=[N-]. The number of carbonyl (C=O) groups is 1. The minimum absolute atomic E-state index is 0.0308. The van der Waals surface area contributed by atoms with Crippen molar-refractivity contribution >= 4 is 17.5 Å². The first-order chi connectivity index (χ1) is 21.6. The zero-order chi connectivity index (χ0) is 31.2. The Bertz CT molecular complexity index is 1550. The molecule has 0 aliphatic carbocycles. The molecule has 2 atom stereocenters. The molecule has 4 rings (SSSR count). The zero-order valence-corrected chi connectivity index (χ0v) is 24.4. The molecular weight excluding hydrogens is 564 g/mol. The van der Waals surface area contributed by atoms with Gasteiger partial charge in [-0.1, -0.05) is 58.8 Å². The lowest BCUT2D eigenvalue weighted by atomic mass is 9.80. The van der Waals surface area contributed by atoms with Crippen molar-refractivity contribution in [2.45, 2.75) is 37.5 Å². The lowest BCUT2D eigenvalue weighted by molar-refractivity contribution is -0.129. The van der Waals surface area contributed by atoms with Crippen LogP contribution >= 0.6 is 0 Å². The number of carbonyl (C=O) groups excluding carboxylic acids is 1. The Morgan fingerprint density at radius 3 is 2.50 bits per heavy atom. The van der Waals surface area contributed by atoms with Crippen LogP contribution in [-0.4, -0.2) is 55.9 Å². The predicted molar refractivity (Wildman–Crippen MR) is 164 cm³/mol. The fraction of sp³-hybridized carbons (Fsp3) is 0.355. The summed E-state index contributed by atoms with van der Waals surface area (Å²) in [5.74, 6) is 0.458. The smallest absolute Gasteiger partial charge is 0.252 e. The molecule has 2 N–H and O–H groups in total. The van der Waals surface area contributed by atoms with Gasteiger partial charge in [-0.2, -0.15) is 0 Å². The molecule has 3 aromatic carbocycles. The monoisotopic (exact) mass is 598 g/mol. The second kappa shape index (κ2) is 16.0. The summed E-state index contributed by atoms with van der Waals surface area (Å²) >= 11 is 0. The third-order valence-corrected chi connectivity index (χ3v) is 7.10. The molecule has 0 bridgehead atoms. The first-order valence-corrected chi connectivity index (χ1v) is 14.2. The lowest BCUT2D eigenvalue weighted by Gasteiger charge is -2.32. The van der Waals surface area contributed by atoms with E-state index in [9.17, 15) is 10.3 Å². The number of aliphatic hydroxyl groups is 1. The quantitative estimate of drug-likeness (QED) is 0.0904. The fourth-order valence-electron chi connectivity index (χ4n) is 4.96. The Kier molecular flexibility index (Phi) is 11.6. The first kappa shape index (κ1) is 31.9. The van der Waals surface area contributed by atoms with Gasteiger partial charge < -0.3 is 24.6 Å². The van der Waals surface area contributed by atoms with Crippen LogP contribution in [0.3, 0.4) is 0 Å². The second-order valence-corrected chi connectivity index (χ2v) is 9.97. The van der Waals surface area contributed by atoms with Crippen molar-refractivity contribution < 1.29 is 24.1 Å². The molecule has 0 saturated carbocycles. The van der Waals surface area contributed by atoms with Gasteiger partial charge in [0.1, 0.15) is 5.75 Å². The number of rotatable bonds is 16. The molecule has 0 fully saturated rings. The van der Waals surface area contributed by atoms with E-state index in [1.54, 1.807) is 55.6 Å². The van der Waals surface area contributed by atoms with Crippen molar-refractivity contribution in [2.24, 2.45) is 15.2 Å². The largest absolute Gasteiger partial charge is 0.494 e. The predicted octanol–water partition coefficient (Wildman–Crippen LogP) is 5.85. The van der Waals surface area contributed by atoms with E-state index in [0.717, 1.165) is 11.1 Å². The molecule has 13 nitrogen and oxygen atoms in total. The van der Waals surface area contributed by atoms with E-state index in [0.29, 0.717) is 55.2 Å². The molecular formula is C31H34N8O5. The molecule has 13 heteroatoms. The van der Waals surface area contributed by atoms with Crippen molar-refractivity contribution in [1.82, 2.24) is 5.32 Å². The number of ether oxygens (including phenoxy) is 3. The van der Waals surface area contributed by atoms with Crippen LogP contribution in [0.25, 0.3) is 20.9 Å². The Hall–Kier alpha value is -5.06. The minimum atomic E-state index is -1.54. The van der Waals surface area contributed by atoms with Crippen molar-refractivity contribution in [1.29, 1.82) is 0 Å². The highest BCUT2D eigenvalue weighted by atomic mass is 16.5. The van der Waals surface area contributed by atoms with Crippen LogP contribution in [0.2, 0.25) is 0 Å². The van der Waals surface area contributed by atoms with Crippen molar-refractivity contribution in [3.8, 4) is 5.75 Å². The molecule has 44 heavy (non-hydrogen) atoms. The van der Waals surface area contributed by atoms with E-state index in [4.69, 9.17) is 29.8 Å². The summed E-state index contributed by atoms with van der Waals surface area (Å²) in [5.41, 5.74) is 19.7. The molecule has 1 amide bonds. The van der Waals surface area contributed by atoms with Gasteiger partial charge >= 0.3 is 0 Å². The van der Waals surface area contributed by atoms with Crippen molar-refractivity contribution in [3.63, 3.8) is 0 Å². The number of hydrogen-bond acceptors (Lipinski definition) is 8. The average Bonchev–Trinajstić information content (AvgIpc) is 3.43. The molecule has 0 saturated heterocycles. The van der Waals surface area contributed by atoms with Crippen molar-refractivity contribution in [2.75, 3.05) is 33.5 Å². The molecule has 0 radical (unpaired) electrons. The van der Waals surface area contributed by atoms with Crippen LogP contribution < -0.4 is 10.1 Å². The second-order valence-electron chi connectivity index (χ2n) is 9.97. The summed E-state index contributed by atoms with van der Waals surface area (Å²) in [4.78, 5) is 25.2. The number of aliphatic imine (C=N–C) groups is 1. The maximum atomic E-state index is 14.3. The molecule has 3 aromatic rings. The van der Waals surface area contributed by atoms with Gasteiger partial charge in [0.2, 0.25) is 5.90 Å². The van der Waals surface area contributed by atoms with Gasteiger partial charge in [-0.15, -0.1) is 0 Å². The average molecular weight is 599 g/mol. The van der Waals surface area contributed by atoms with Gasteiger partial charge in [-0.05, 0) is 52.9 Å². The number of azide groups is 2. The molecule has 0 spiro atoms. The first-order valence-electron chi connectivity index (χ1n) is 14.2. The molecule has 228 valence electrons. The normalized spacial score (nSPS) is 17.0. The van der Waals surface area contributed by atoms with E-state index in [2.05, 4.69) is 25.4 Å². The summed E-state index contributed by atoms with van der Waals surface area (Å²) in [6.07, 6.45) is 0.213. The topological polar surface area (TPSA) is 187 Å². The maximum Gasteiger partial charge on any atom is 0.252 e. The number of amides is 1. The molecule has 0 aromatic heterocycles. The lowest BCUT2D eigenvalue weighted by Crippen LogP contribution is -2.50. The van der Waals surface area contributed by atoms with Crippen LogP contribution in [0.4, 0.5) is 5.69 Å². The number of aliphatic hydroxyl groups excluding tert-OH is 1. The van der Waals surface area contributed by atoms with Gasteiger partial charge in [0.05, 0.1) is 13.2 Å². The summed E-state index contributed by atoms with van der Waals surface area (Å²) in [7, 11) is 1.59. The molecule has 0 unspecified atom stereocenters. The number of methoxy groups -OCH3 is 1. The summed E-state index contributed by atoms with van der Waals surface area (Å²) < 4.78 is 17.4.